The number of nitrogens with zero attached hydrogens (tertiary/aromatic N) is 2. The molecule has 2 aromatic carbocycles. The molecule has 0 radical (unpaired) electrons. The lowest BCUT2D eigenvalue weighted by Gasteiger charge is -2.33. The molecule has 2 aromatic rings. The third-order valence-electron chi connectivity index (χ3n) is 6.40. The standard InChI is InChI=1S/C22H20F2N2O3/c1-13-7-8-15(23)19(20(13)24)21(28)25-10-9-22-17(25)11-18(27)26(22)16(12-29-22)14-5-3-2-4-6-14/h2-8,16-17H,9-12H2,1H3/t16-,17+,22-/m0/s1. The SMILES string of the molecule is Cc1ccc(F)c(C(=O)N2CC[C@@]34OC[C@@H](c5ccccc5)N3C(=O)C[C@@H]24)c1F. The first-order valence-electron chi connectivity index (χ1n) is 9.70. The maximum atomic E-state index is 14.5. The molecule has 2 amide bonds. The first-order valence-corrected chi connectivity index (χ1v) is 9.70. The Hall–Kier alpha value is -2.80. The van der Waals surface area contributed by atoms with Crippen LogP contribution in [0.5, 0.6) is 0 Å². The van der Waals surface area contributed by atoms with Gasteiger partial charge in [-0.05, 0) is 24.1 Å². The van der Waals surface area contributed by atoms with Crippen LogP contribution in [0.15, 0.2) is 42.5 Å². The Kier molecular flexibility index (Phi) is 4.00. The van der Waals surface area contributed by atoms with Crippen LogP contribution in [0.1, 0.15) is 40.4 Å². The molecule has 150 valence electrons. The van der Waals surface area contributed by atoms with Crippen LogP contribution in [0.4, 0.5) is 8.78 Å². The summed E-state index contributed by atoms with van der Waals surface area (Å²) in [6.07, 6.45) is 0.512. The number of hydrogen-bond donors (Lipinski definition) is 0. The van der Waals surface area contributed by atoms with Crippen molar-refractivity contribution in [2.45, 2.75) is 37.6 Å². The summed E-state index contributed by atoms with van der Waals surface area (Å²) < 4.78 is 35.0. The van der Waals surface area contributed by atoms with E-state index >= 15 is 0 Å². The van der Waals surface area contributed by atoms with Crippen molar-refractivity contribution in [1.29, 1.82) is 0 Å². The molecule has 29 heavy (non-hydrogen) atoms. The van der Waals surface area contributed by atoms with Crippen LogP contribution >= 0.6 is 0 Å². The average Bonchev–Trinajstić information content (AvgIpc) is 3.34. The second-order valence-corrected chi connectivity index (χ2v) is 7.87. The van der Waals surface area contributed by atoms with Crippen LogP contribution in [0, 0.1) is 18.6 Å². The maximum Gasteiger partial charge on any atom is 0.260 e. The van der Waals surface area contributed by atoms with Crippen molar-refractivity contribution in [2.75, 3.05) is 13.2 Å². The van der Waals surface area contributed by atoms with Crippen molar-refractivity contribution < 1.29 is 23.1 Å². The fourth-order valence-electron chi connectivity index (χ4n) is 5.01. The largest absolute Gasteiger partial charge is 0.351 e. The first-order chi connectivity index (χ1) is 13.9. The molecular formula is C22H20F2N2O3. The van der Waals surface area contributed by atoms with Gasteiger partial charge in [-0.3, -0.25) is 9.59 Å². The van der Waals surface area contributed by atoms with Crippen molar-refractivity contribution >= 4 is 11.8 Å². The zero-order valence-corrected chi connectivity index (χ0v) is 15.9. The van der Waals surface area contributed by atoms with Crippen molar-refractivity contribution in [2.24, 2.45) is 0 Å². The lowest BCUT2D eigenvalue weighted by atomic mass is 10.0. The van der Waals surface area contributed by atoms with E-state index in [0.29, 0.717) is 13.0 Å². The van der Waals surface area contributed by atoms with Crippen molar-refractivity contribution in [3.63, 3.8) is 0 Å². The molecule has 0 N–H and O–H groups in total. The average molecular weight is 398 g/mol. The molecule has 0 saturated carbocycles. The van der Waals surface area contributed by atoms with Crippen LogP contribution in [0.3, 0.4) is 0 Å². The molecule has 0 aromatic heterocycles. The number of likely N-dealkylation sites (tertiary alicyclic amines) is 1. The van der Waals surface area contributed by atoms with Gasteiger partial charge in [0.05, 0.1) is 25.1 Å². The van der Waals surface area contributed by atoms with E-state index in [1.807, 2.05) is 30.3 Å². The van der Waals surface area contributed by atoms with Gasteiger partial charge in [-0.15, -0.1) is 0 Å². The Morgan fingerprint density at radius 1 is 1.17 bits per heavy atom. The van der Waals surface area contributed by atoms with E-state index in [-0.39, 0.29) is 30.5 Å². The Morgan fingerprint density at radius 2 is 1.93 bits per heavy atom. The highest BCUT2D eigenvalue weighted by Gasteiger charge is 2.65. The monoisotopic (exact) mass is 398 g/mol. The van der Waals surface area contributed by atoms with E-state index in [4.69, 9.17) is 4.74 Å². The van der Waals surface area contributed by atoms with Gasteiger partial charge < -0.3 is 14.5 Å². The smallest absolute Gasteiger partial charge is 0.260 e. The Morgan fingerprint density at radius 3 is 2.69 bits per heavy atom. The lowest BCUT2D eigenvalue weighted by Crippen LogP contribution is -2.49. The number of aryl methyl sites for hydroxylation is 1. The summed E-state index contributed by atoms with van der Waals surface area (Å²) in [6, 6.07) is 11.2. The van der Waals surface area contributed by atoms with Crippen LogP contribution in [-0.2, 0) is 9.53 Å². The number of benzene rings is 2. The summed E-state index contributed by atoms with van der Waals surface area (Å²) in [6.45, 7) is 2.10. The van der Waals surface area contributed by atoms with Crippen molar-refractivity contribution in [1.82, 2.24) is 9.80 Å². The van der Waals surface area contributed by atoms with Gasteiger partial charge in [0.1, 0.15) is 17.2 Å². The second-order valence-electron chi connectivity index (χ2n) is 7.87. The molecule has 3 heterocycles. The van der Waals surface area contributed by atoms with E-state index in [0.717, 1.165) is 11.6 Å². The Balaban J connectivity index is 1.49. The summed E-state index contributed by atoms with van der Waals surface area (Å²) in [7, 11) is 0. The zero-order valence-electron chi connectivity index (χ0n) is 15.9. The lowest BCUT2D eigenvalue weighted by molar-refractivity contribution is -0.138. The number of ether oxygens (including phenoxy) is 1. The third-order valence-corrected chi connectivity index (χ3v) is 6.40. The fourth-order valence-corrected chi connectivity index (χ4v) is 5.01. The summed E-state index contributed by atoms with van der Waals surface area (Å²) >= 11 is 0. The van der Waals surface area contributed by atoms with Gasteiger partial charge in [-0.2, -0.15) is 0 Å². The highest BCUT2D eigenvalue weighted by molar-refractivity contribution is 5.96. The quantitative estimate of drug-likeness (QED) is 0.781. The highest BCUT2D eigenvalue weighted by Crippen LogP contribution is 2.51. The fraction of sp³-hybridized carbons (Fsp3) is 0.364. The van der Waals surface area contributed by atoms with Crippen molar-refractivity contribution in [3.05, 3.63) is 70.8 Å². The number of carbonyl (C=O) groups excluding carboxylic acids is 2. The Labute approximate surface area is 166 Å². The van der Waals surface area contributed by atoms with E-state index in [2.05, 4.69) is 0 Å². The number of amides is 2. The van der Waals surface area contributed by atoms with Gasteiger partial charge in [-0.1, -0.05) is 36.4 Å². The summed E-state index contributed by atoms with van der Waals surface area (Å²) in [5, 5.41) is 0. The van der Waals surface area contributed by atoms with Crippen molar-refractivity contribution in [3.8, 4) is 0 Å². The third kappa shape index (κ3) is 2.46. The minimum atomic E-state index is -0.927. The molecule has 3 aliphatic rings. The molecule has 0 unspecified atom stereocenters. The molecule has 3 fully saturated rings. The Bertz CT molecular complexity index is 1010. The number of rotatable bonds is 2. The molecule has 5 rings (SSSR count). The van der Waals surface area contributed by atoms with E-state index in [9.17, 15) is 18.4 Å². The van der Waals surface area contributed by atoms with Crippen LogP contribution in [0.2, 0.25) is 0 Å². The highest BCUT2D eigenvalue weighted by atomic mass is 19.1. The molecule has 1 spiro atoms. The topological polar surface area (TPSA) is 49.9 Å². The minimum Gasteiger partial charge on any atom is -0.351 e. The molecule has 0 bridgehead atoms. The van der Waals surface area contributed by atoms with Gasteiger partial charge in [0.2, 0.25) is 5.91 Å². The normalized spacial score (nSPS) is 28.0. The predicted molar refractivity (Wildman–Crippen MR) is 99.9 cm³/mol. The summed E-state index contributed by atoms with van der Waals surface area (Å²) in [4.78, 5) is 29.1. The summed E-state index contributed by atoms with van der Waals surface area (Å²) in [5.74, 6) is -2.59. The molecule has 3 saturated heterocycles. The van der Waals surface area contributed by atoms with E-state index in [1.54, 1.807) is 4.90 Å². The molecule has 7 heteroatoms. The second kappa shape index (κ2) is 6.35. The van der Waals surface area contributed by atoms with Gasteiger partial charge in [-0.25, -0.2) is 8.78 Å². The van der Waals surface area contributed by atoms with E-state index in [1.165, 1.54) is 17.9 Å². The van der Waals surface area contributed by atoms with Crippen LogP contribution in [-0.4, -0.2) is 46.5 Å². The van der Waals surface area contributed by atoms with Gasteiger partial charge in [0, 0.05) is 13.0 Å². The number of hydrogen-bond acceptors (Lipinski definition) is 3. The number of halogens is 2. The molecule has 3 aliphatic heterocycles. The predicted octanol–water partition coefficient (Wildman–Crippen LogP) is 3.19. The number of carbonyl (C=O) groups is 2. The van der Waals surface area contributed by atoms with Gasteiger partial charge in [0.25, 0.3) is 5.91 Å². The summed E-state index contributed by atoms with van der Waals surface area (Å²) in [5.41, 5.74) is -0.317. The maximum absolute atomic E-state index is 14.5. The molecular weight excluding hydrogens is 378 g/mol. The zero-order chi connectivity index (χ0) is 20.3. The van der Waals surface area contributed by atoms with Gasteiger partial charge >= 0.3 is 0 Å². The molecule has 5 nitrogen and oxygen atoms in total. The van der Waals surface area contributed by atoms with Gasteiger partial charge in [0.15, 0.2) is 5.72 Å². The van der Waals surface area contributed by atoms with Crippen LogP contribution in [0.25, 0.3) is 0 Å². The molecule has 3 atom stereocenters. The first kappa shape index (κ1) is 18.2. The van der Waals surface area contributed by atoms with Crippen LogP contribution < -0.4 is 0 Å². The molecule has 0 aliphatic carbocycles. The van der Waals surface area contributed by atoms with E-state index < -0.39 is 34.9 Å². The minimum absolute atomic E-state index is 0.0874.